The van der Waals surface area contributed by atoms with Crippen molar-refractivity contribution in [1.29, 1.82) is 0 Å². The summed E-state index contributed by atoms with van der Waals surface area (Å²) in [4.78, 5) is 14.3. The first kappa shape index (κ1) is 13.0. The van der Waals surface area contributed by atoms with Gasteiger partial charge in [-0.15, -0.1) is 11.3 Å². The summed E-state index contributed by atoms with van der Waals surface area (Å²) in [6.45, 7) is 3.65. The highest BCUT2D eigenvalue weighted by Crippen LogP contribution is 2.29. The Labute approximate surface area is 100 Å². The number of nitrogen functional groups attached to an aromatic ring is 1. The molecule has 1 aromatic heterocycles. The van der Waals surface area contributed by atoms with Gasteiger partial charge in [0, 0.05) is 19.5 Å². The van der Waals surface area contributed by atoms with E-state index in [2.05, 4.69) is 10.2 Å². The minimum Gasteiger partial charge on any atom is -0.397 e. The third-order valence-electron chi connectivity index (χ3n) is 2.19. The van der Waals surface area contributed by atoms with Crippen molar-refractivity contribution in [3.05, 3.63) is 10.9 Å². The molecule has 0 radical (unpaired) electrons. The zero-order chi connectivity index (χ0) is 12.1. The van der Waals surface area contributed by atoms with Gasteiger partial charge in [0.15, 0.2) is 5.78 Å². The van der Waals surface area contributed by atoms with Gasteiger partial charge in [0.2, 0.25) is 0 Å². The van der Waals surface area contributed by atoms with E-state index in [9.17, 15) is 4.79 Å². The molecule has 0 fully saturated rings. The number of nitrogens with zero attached hydrogens (tertiary/aromatic N) is 1. The summed E-state index contributed by atoms with van der Waals surface area (Å²) in [6, 6.07) is 1.84. The predicted octanol–water partition coefficient (Wildman–Crippen LogP) is 1.90. The quantitative estimate of drug-likeness (QED) is 0.747. The van der Waals surface area contributed by atoms with Crippen LogP contribution in [0, 0.1) is 0 Å². The highest BCUT2D eigenvalue weighted by molar-refractivity contribution is 7.18. The smallest absolute Gasteiger partial charge is 0.174 e. The average molecular weight is 241 g/mol. The molecule has 0 bridgehead atoms. The van der Waals surface area contributed by atoms with E-state index in [0.29, 0.717) is 17.0 Å². The van der Waals surface area contributed by atoms with Gasteiger partial charge in [-0.2, -0.15) is 0 Å². The maximum atomic E-state index is 11.5. The second-order valence-electron chi connectivity index (χ2n) is 3.90. The van der Waals surface area contributed by atoms with Gasteiger partial charge < -0.3 is 16.0 Å². The largest absolute Gasteiger partial charge is 0.397 e. The zero-order valence-electron chi connectivity index (χ0n) is 10.0. The van der Waals surface area contributed by atoms with Gasteiger partial charge >= 0.3 is 0 Å². The molecule has 16 heavy (non-hydrogen) atoms. The van der Waals surface area contributed by atoms with Gasteiger partial charge in [-0.05, 0) is 20.2 Å². The lowest BCUT2D eigenvalue weighted by atomic mass is 10.2. The lowest BCUT2D eigenvalue weighted by molar-refractivity contribution is 0.0993. The fourth-order valence-corrected chi connectivity index (χ4v) is 2.29. The molecule has 4 nitrogen and oxygen atoms in total. The van der Waals surface area contributed by atoms with Crippen LogP contribution in [0.1, 0.15) is 23.0 Å². The summed E-state index contributed by atoms with van der Waals surface area (Å²) in [5.74, 6) is 0.114. The molecule has 0 atom stereocenters. The van der Waals surface area contributed by atoms with Crippen LogP contribution in [0.25, 0.3) is 0 Å². The molecule has 0 saturated carbocycles. The Kier molecular flexibility index (Phi) is 4.76. The molecular formula is C11H19N3OS. The molecule has 0 saturated heterocycles. The molecule has 0 spiro atoms. The van der Waals surface area contributed by atoms with Crippen LogP contribution in [-0.2, 0) is 0 Å². The monoisotopic (exact) mass is 241 g/mol. The van der Waals surface area contributed by atoms with Crippen LogP contribution in [0.15, 0.2) is 6.07 Å². The van der Waals surface area contributed by atoms with Gasteiger partial charge in [-0.25, -0.2) is 0 Å². The Morgan fingerprint density at radius 1 is 1.56 bits per heavy atom. The Bertz CT molecular complexity index is 360. The van der Waals surface area contributed by atoms with E-state index >= 15 is 0 Å². The van der Waals surface area contributed by atoms with Gasteiger partial charge in [-0.1, -0.05) is 6.92 Å². The number of carbonyl (C=O) groups is 1. The fraction of sp³-hybridized carbons (Fsp3) is 0.545. The van der Waals surface area contributed by atoms with Crippen LogP contribution in [0.5, 0.6) is 0 Å². The van der Waals surface area contributed by atoms with E-state index < -0.39 is 0 Å². The highest BCUT2D eigenvalue weighted by atomic mass is 32.1. The van der Waals surface area contributed by atoms with Crippen molar-refractivity contribution in [2.45, 2.75) is 13.3 Å². The summed E-state index contributed by atoms with van der Waals surface area (Å²) >= 11 is 1.44. The topological polar surface area (TPSA) is 58.4 Å². The number of Topliss-reactive ketones (excluding diaryl/α,β-unsaturated/α-hetero) is 1. The Morgan fingerprint density at radius 2 is 2.25 bits per heavy atom. The first-order valence-corrected chi connectivity index (χ1v) is 6.17. The maximum absolute atomic E-state index is 11.5. The number of nitrogens with two attached hydrogens (primary N) is 1. The summed E-state index contributed by atoms with van der Waals surface area (Å²) in [6.07, 6.45) is 0.502. The molecule has 5 heteroatoms. The molecule has 0 aliphatic heterocycles. The molecule has 0 aliphatic carbocycles. The van der Waals surface area contributed by atoms with E-state index in [4.69, 9.17) is 5.73 Å². The van der Waals surface area contributed by atoms with Gasteiger partial charge in [0.25, 0.3) is 0 Å². The molecule has 1 rings (SSSR count). The zero-order valence-corrected chi connectivity index (χ0v) is 10.9. The van der Waals surface area contributed by atoms with Gasteiger partial charge in [0.1, 0.15) is 0 Å². The van der Waals surface area contributed by atoms with Crippen molar-refractivity contribution in [1.82, 2.24) is 4.90 Å². The standard InChI is InChI=1S/C11H19N3OS/c1-4-9(15)11-8(12)7-10(16-11)13-5-6-14(2)3/h7,13H,4-6,12H2,1-3H3. The first-order chi connectivity index (χ1) is 7.54. The van der Waals surface area contributed by atoms with E-state index in [1.165, 1.54) is 11.3 Å². The van der Waals surface area contributed by atoms with Crippen molar-refractivity contribution in [2.75, 3.05) is 38.2 Å². The van der Waals surface area contributed by atoms with Crippen LogP contribution in [0.2, 0.25) is 0 Å². The average Bonchev–Trinajstić information content (AvgIpc) is 2.58. The first-order valence-electron chi connectivity index (χ1n) is 5.35. The molecule has 1 aromatic rings. The van der Waals surface area contributed by atoms with E-state index in [1.54, 1.807) is 0 Å². The van der Waals surface area contributed by atoms with Crippen LogP contribution in [-0.4, -0.2) is 37.9 Å². The van der Waals surface area contributed by atoms with Crippen molar-refractivity contribution in [2.24, 2.45) is 0 Å². The number of ketones is 1. The Balaban J connectivity index is 2.59. The second-order valence-corrected chi connectivity index (χ2v) is 4.95. The normalized spacial score (nSPS) is 10.8. The number of nitrogens with one attached hydrogen (secondary N) is 1. The number of hydrogen-bond acceptors (Lipinski definition) is 5. The third-order valence-corrected chi connectivity index (χ3v) is 3.34. The van der Waals surface area contributed by atoms with E-state index in [-0.39, 0.29) is 5.78 Å². The van der Waals surface area contributed by atoms with Crippen LogP contribution in [0.3, 0.4) is 0 Å². The molecule has 90 valence electrons. The third kappa shape index (κ3) is 3.50. The van der Waals surface area contributed by atoms with Crippen LogP contribution >= 0.6 is 11.3 Å². The van der Waals surface area contributed by atoms with Gasteiger partial charge in [-0.3, -0.25) is 4.79 Å². The second kappa shape index (κ2) is 5.86. The summed E-state index contributed by atoms with van der Waals surface area (Å²) in [7, 11) is 4.05. The predicted molar refractivity (Wildman–Crippen MR) is 70.4 cm³/mol. The van der Waals surface area contributed by atoms with E-state index in [0.717, 1.165) is 18.1 Å². The maximum Gasteiger partial charge on any atom is 0.174 e. The summed E-state index contributed by atoms with van der Waals surface area (Å²) in [5, 5.41) is 4.23. The van der Waals surface area contributed by atoms with Crippen LogP contribution in [0.4, 0.5) is 10.7 Å². The molecule has 3 N–H and O–H groups in total. The minimum atomic E-state index is 0.114. The Hall–Kier alpha value is -1.07. The minimum absolute atomic E-state index is 0.114. The highest BCUT2D eigenvalue weighted by Gasteiger charge is 2.12. The Morgan fingerprint density at radius 3 is 2.81 bits per heavy atom. The molecule has 1 heterocycles. The molecule has 0 aromatic carbocycles. The van der Waals surface area contributed by atoms with Crippen molar-refractivity contribution in [3.8, 4) is 0 Å². The van der Waals surface area contributed by atoms with Crippen molar-refractivity contribution in [3.63, 3.8) is 0 Å². The van der Waals surface area contributed by atoms with Crippen molar-refractivity contribution >= 4 is 27.8 Å². The van der Waals surface area contributed by atoms with E-state index in [1.807, 2.05) is 27.1 Å². The molecular weight excluding hydrogens is 222 g/mol. The van der Waals surface area contributed by atoms with Gasteiger partial charge in [0.05, 0.1) is 15.6 Å². The number of rotatable bonds is 6. The number of carbonyl (C=O) groups excluding carboxylic acids is 1. The summed E-state index contributed by atoms with van der Waals surface area (Å²) < 4.78 is 0. The number of anilines is 2. The SMILES string of the molecule is CCC(=O)c1sc(NCCN(C)C)cc1N. The molecule has 0 unspecified atom stereocenters. The summed E-state index contributed by atoms with van der Waals surface area (Å²) in [5.41, 5.74) is 6.38. The number of likely N-dealkylation sites (N-methyl/N-ethyl adjacent to an activating group) is 1. The molecule has 0 aliphatic rings. The lowest BCUT2D eigenvalue weighted by Crippen LogP contribution is -2.20. The lowest BCUT2D eigenvalue weighted by Gasteiger charge is -2.09. The fourth-order valence-electron chi connectivity index (χ4n) is 1.27. The number of hydrogen-bond donors (Lipinski definition) is 2. The van der Waals surface area contributed by atoms with Crippen molar-refractivity contribution < 1.29 is 4.79 Å². The molecule has 0 amide bonds. The number of thiophene rings is 1. The van der Waals surface area contributed by atoms with Crippen LogP contribution < -0.4 is 11.1 Å².